The maximum Gasteiger partial charge on any atom is 0.182 e. The number of fused-ring (bicyclic) bond motifs is 1. The zero-order chi connectivity index (χ0) is 19.4. The van der Waals surface area contributed by atoms with Gasteiger partial charge in [0.1, 0.15) is 0 Å². The van der Waals surface area contributed by atoms with Gasteiger partial charge in [-0.15, -0.1) is 0 Å². The first kappa shape index (κ1) is 20.1. The van der Waals surface area contributed by atoms with Crippen LogP contribution in [0.2, 0.25) is 5.02 Å². The molecule has 6 heteroatoms. The number of hydrogen-bond donors (Lipinski definition) is 2. The van der Waals surface area contributed by atoms with Crippen LogP contribution in [0.4, 0.5) is 0 Å². The van der Waals surface area contributed by atoms with E-state index in [9.17, 15) is 5.11 Å². The Bertz CT molecular complexity index is 948. The fraction of sp³-hybridized carbons (Fsp3) is 0.381. The van der Waals surface area contributed by atoms with Crippen molar-refractivity contribution in [3.8, 4) is 0 Å². The lowest BCUT2D eigenvalue weighted by Crippen LogP contribution is -2.26. The van der Waals surface area contributed by atoms with E-state index in [0.717, 1.165) is 41.7 Å². The second-order valence-electron chi connectivity index (χ2n) is 7.07. The van der Waals surface area contributed by atoms with E-state index in [1.54, 1.807) is 0 Å². The molecule has 1 atom stereocenters. The van der Waals surface area contributed by atoms with E-state index in [0.29, 0.717) is 16.4 Å². The van der Waals surface area contributed by atoms with Crippen LogP contribution in [-0.2, 0) is 6.54 Å². The Kier molecular flexibility index (Phi) is 6.71. The molecular weight excluding hydrogens is 378 g/mol. The Balaban J connectivity index is 1.48. The zero-order valence-electron chi connectivity index (χ0n) is 15.8. The van der Waals surface area contributed by atoms with Crippen LogP contribution in [0, 0.1) is 12.3 Å². The van der Waals surface area contributed by atoms with Crippen molar-refractivity contribution in [3.05, 3.63) is 63.4 Å². The Morgan fingerprint density at radius 1 is 1.19 bits per heavy atom. The van der Waals surface area contributed by atoms with Crippen LogP contribution in [0.5, 0.6) is 0 Å². The third-order valence-corrected chi connectivity index (χ3v) is 5.98. The van der Waals surface area contributed by atoms with Gasteiger partial charge in [-0.2, -0.15) is 0 Å². The van der Waals surface area contributed by atoms with Gasteiger partial charge in [0.2, 0.25) is 0 Å². The van der Waals surface area contributed by atoms with E-state index in [1.165, 1.54) is 16.9 Å². The molecule has 0 amide bonds. The Labute approximate surface area is 169 Å². The Morgan fingerprint density at radius 3 is 2.67 bits per heavy atom. The number of aliphatic hydroxyl groups is 1. The predicted molar refractivity (Wildman–Crippen MR) is 114 cm³/mol. The Hall–Kier alpha value is -1.66. The highest BCUT2D eigenvalue weighted by Crippen LogP contribution is 2.22. The van der Waals surface area contributed by atoms with Crippen molar-refractivity contribution in [3.63, 3.8) is 0 Å². The number of unbranched alkanes of at least 4 members (excludes halogenated alkanes) is 1. The quantitative estimate of drug-likeness (QED) is 0.540. The lowest BCUT2D eigenvalue weighted by Gasteiger charge is -2.21. The van der Waals surface area contributed by atoms with Crippen LogP contribution >= 0.6 is 22.9 Å². The molecule has 1 aromatic heterocycles. The molecular formula is C21H26ClN3OS. The molecule has 0 bridgehead atoms. The van der Waals surface area contributed by atoms with Gasteiger partial charge in [-0.25, -0.2) is 0 Å². The van der Waals surface area contributed by atoms with Gasteiger partial charge in [0.25, 0.3) is 0 Å². The number of aryl methyl sites for hydroxylation is 2. The van der Waals surface area contributed by atoms with E-state index in [1.807, 2.05) is 56.4 Å². The van der Waals surface area contributed by atoms with E-state index in [4.69, 9.17) is 17.0 Å². The number of nitrogens with one attached hydrogen (secondary N) is 1. The summed E-state index contributed by atoms with van der Waals surface area (Å²) in [6, 6.07) is 13.9. The number of nitrogens with zero attached hydrogens (tertiary/aromatic N) is 2. The molecule has 0 aliphatic heterocycles. The average Bonchev–Trinajstić information content (AvgIpc) is 2.93. The molecule has 0 fully saturated rings. The smallest absolute Gasteiger partial charge is 0.182 e. The summed E-state index contributed by atoms with van der Waals surface area (Å²) in [6.07, 6.45) is 1.56. The third-order valence-electron chi connectivity index (χ3n) is 4.78. The molecule has 0 radical (unpaired) electrons. The lowest BCUT2D eigenvalue weighted by atomic mass is 10.1. The molecule has 3 rings (SSSR count). The molecule has 144 valence electrons. The molecule has 0 aliphatic carbocycles. The first-order chi connectivity index (χ1) is 12.9. The number of benzene rings is 2. The summed E-state index contributed by atoms with van der Waals surface area (Å²) >= 11 is 7.51. The highest BCUT2D eigenvalue weighted by Gasteiger charge is 2.11. The standard InChI is InChI=1S/C21H26ClN3OS/c1-15-5-7-16(8-6-15)19(26)14-24(2)11-3-4-12-25-18-10-9-17(22)13-20(18)27-21(25)23/h5-10,13,19,23,26H,3-4,11-12,14H2,1-2H3. The molecule has 3 aromatic rings. The van der Waals surface area contributed by atoms with Crippen LogP contribution < -0.4 is 4.80 Å². The minimum absolute atomic E-state index is 0.463. The molecule has 0 saturated heterocycles. The number of halogens is 1. The fourth-order valence-corrected chi connectivity index (χ4v) is 4.43. The molecule has 27 heavy (non-hydrogen) atoms. The zero-order valence-corrected chi connectivity index (χ0v) is 17.4. The number of thiazole rings is 1. The van der Waals surface area contributed by atoms with Crippen molar-refractivity contribution in [2.24, 2.45) is 0 Å². The second kappa shape index (κ2) is 9.02. The highest BCUT2D eigenvalue weighted by atomic mass is 35.5. The van der Waals surface area contributed by atoms with Gasteiger partial charge >= 0.3 is 0 Å². The summed E-state index contributed by atoms with van der Waals surface area (Å²) in [7, 11) is 2.04. The fourth-order valence-electron chi connectivity index (χ4n) is 3.22. The van der Waals surface area contributed by atoms with Gasteiger partial charge in [0.05, 0.1) is 16.3 Å². The Morgan fingerprint density at radius 2 is 1.93 bits per heavy atom. The lowest BCUT2D eigenvalue weighted by molar-refractivity contribution is 0.126. The monoisotopic (exact) mass is 403 g/mol. The first-order valence-corrected chi connectivity index (χ1v) is 10.4. The topological polar surface area (TPSA) is 52.2 Å². The van der Waals surface area contributed by atoms with Crippen LogP contribution in [-0.4, -0.2) is 34.7 Å². The number of hydrogen-bond acceptors (Lipinski definition) is 4. The number of aromatic nitrogens is 1. The summed E-state index contributed by atoms with van der Waals surface area (Å²) < 4.78 is 3.11. The van der Waals surface area contributed by atoms with E-state index in [-0.39, 0.29) is 0 Å². The van der Waals surface area contributed by atoms with Gasteiger partial charge in [0.15, 0.2) is 4.80 Å². The third kappa shape index (κ3) is 5.20. The van der Waals surface area contributed by atoms with Gasteiger partial charge in [0, 0.05) is 18.1 Å². The maximum absolute atomic E-state index is 10.4. The van der Waals surface area contributed by atoms with Gasteiger partial charge in [-0.3, -0.25) is 5.41 Å². The largest absolute Gasteiger partial charge is 0.387 e. The molecule has 2 aromatic carbocycles. The van der Waals surface area contributed by atoms with E-state index < -0.39 is 6.10 Å². The molecule has 0 saturated carbocycles. The van der Waals surface area contributed by atoms with Crippen molar-refractivity contribution in [1.82, 2.24) is 9.47 Å². The number of aliphatic hydroxyl groups excluding tert-OH is 1. The van der Waals surface area contributed by atoms with Gasteiger partial charge in [-0.1, -0.05) is 52.8 Å². The highest BCUT2D eigenvalue weighted by molar-refractivity contribution is 7.16. The molecule has 0 aliphatic rings. The number of rotatable bonds is 8. The van der Waals surface area contributed by atoms with Crippen molar-refractivity contribution in [2.45, 2.75) is 32.4 Å². The molecule has 4 nitrogen and oxygen atoms in total. The maximum atomic E-state index is 10.4. The van der Waals surface area contributed by atoms with Crippen LogP contribution in [0.15, 0.2) is 42.5 Å². The average molecular weight is 404 g/mol. The minimum atomic E-state index is -0.463. The summed E-state index contributed by atoms with van der Waals surface area (Å²) in [5.41, 5.74) is 3.25. The molecule has 2 N–H and O–H groups in total. The van der Waals surface area contributed by atoms with Crippen molar-refractivity contribution < 1.29 is 5.11 Å². The summed E-state index contributed by atoms with van der Waals surface area (Å²) in [6.45, 7) is 4.42. The predicted octanol–water partition coefficient (Wildman–Crippen LogP) is 4.59. The van der Waals surface area contributed by atoms with Crippen LogP contribution in [0.25, 0.3) is 10.2 Å². The van der Waals surface area contributed by atoms with Gasteiger partial charge < -0.3 is 14.6 Å². The summed E-state index contributed by atoms with van der Waals surface area (Å²) in [5, 5.41) is 19.3. The first-order valence-electron chi connectivity index (χ1n) is 9.20. The molecule has 1 unspecified atom stereocenters. The van der Waals surface area contributed by atoms with E-state index >= 15 is 0 Å². The molecule has 1 heterocycles. The van der Waals surface area contributed by atoms with Crippen LogP contribution in [0.3, 0.4) is 0 Å². The normalized spacial score (nSPS) is 12.8. The SMILES string of the molecule is Cc1ccc(C(O)CN(C)CCCCn2c(=N)sc3cc(Cl)ccc32)cc1. The van der Waals surface area contributed by atoms with Crippen LogP contribution in [0.1, 0.15) is 30.1 Å². The van der Waals surface area contributed by atoms with Crippen molar-refractivity contribution >= 4 is 33.2 Å². The van der Waals surface area contributed by atoms with Crippen molar-refractivity contribution in [2.75, 3.05) is 20.1 Å². The minimum Gasteiger partial charge on any atom is -0.387 e. The number of likely N-dealkylation sites (N-methyl/N-ethyl adjacent to an activating group) is 1. The van der Waals surface area contributed by atoms with E-state index in [2.05, 4.69) is 9.47 Å². The second-order valence-corrected chi connectivity index (χ2v) is 8.53. The molecule has 0 spiro atoms. The summed E-state index contributed by atoms with van der Waals surface area (Å²) in [4.78, 5) is 2.73. The van der Waals surface area contributed by atoms with Crippen molar-refractivity contribution in [1.29, 1.82) is 5.41 Å². The summed E-state index contributed by atoms with van der Waals surface area (Å²) in [5.74, 6) is 0. The van der Waals surface area contributed by atoms with Gasteiger partial charge in [-0.05, 0) is 57.1 Å².